The van der Waals surface area contributed by atoms with Crippen LogP contribution in [0.15, 0.2) is 45.4 Å². The Labute approximate surface area is 144 Å². The van der Waals surface area contributed by atoms with Crippen molar-refractivity contribution < 1.29 is 18.3 Å². The van der Waals surface area contributed by atoms with Crippen molar-refractivity contribution in [1.82, 2.24) is 9.21 Å². The Morgan fingerprint density at radius 1 is 1.26 bits per heavy atom. The first-order valence-electron chi connectivity index (χ1n) is 7.43. The minimum atomic E-state index is -3.63. The van der Waals surface area contributed by atoms with Crippen molar-refractivity contribution in [3.8, 4) is 0 Å². The van der Waals surface area contributed by atoms with Gasteiger partial charge in [0.1, 0.15) is 0 Å². The van der Waals surface area contributed by atoms with E-state index in [4.69, 9.17) is 4.74 Å². The molecule has 0 bridgehead atoms. The number of sulfonamides is 1. The highest BCUT2D eigenvalue weighted by Crippen LogP contribution is 2.29. The minimum Gasteiger partial charge on any atom is -0.387 e. The van der Waals surface area contributed by atoms with Crippen molar-refractivity contribution in [2.75, 3.05) is 39.4 Å². The number of halogens is 1. The van der Waals surface area contributed by atoms with Gasteiger partial charge in [0.05, 0.1) is 24.2 Å². The predicted molar refractivity (Wildman–Crippen MR) is 89.4 cm³/mol. The van der Waals surface area contributed by atoms with Crippen LogP contribution in [0.4, 0.5) is 0 Å². The second-order valence-corrected chi connectivity index (χ2v) is 8.36. The van der Waals surface area contributed by atoms with Crippen molar-refractivity contribution in [2.45, 2.75) is 11.0 Å². The van der Waals surface area contributed by atoms with Gasteiger partial charge >= 0.3 is 0 Å². The van der Waals surface area contributed by atoms with E-state index in [1.165, 1.54) is 4.31 Å². The summed E-state index contributed by atoms with van der Waals surface area (Å²) in [5, 5.41) is 10.2. The summed E-state index contributed by atoms with van der Waals surface area (Å²) in [4.78, 5) is 2.29. The van der Waals surface area contributed by atoms with E-state index in [1.807, 2.05) is 6.20 Å². The topological polar surface area (TPSA) is 70.1 Å². The van der Waals surface area contributed by atoms with Gasteiger partial charge in [0.2, 0.25) is 10.0 Å². The molecule has 6 nitrogen and oxygen atoms in total. The molecule has 126 valence electrons. The zero-order valence-electron chi connectivity index (χ0n) is 12.6. The lowest BCUT2D eigenvalue weighted by Gasteiger charge is -2.26. The maximum Gasteiger partial charge on any atom is 0.244 e. The maximum absolute atomic E-state index is 12.8. The van der Waals surface area contributed by atoms with Crippen LogP contribution in [0.25, 0.3) is 0 Å². The van der Waals surface area contributed by atoms with Crippen LogP contribution in [-0.2, 0) is 14.8 Å². The number of morpholine rings is 1. The van der Waals surface area contributed by atoms with E-state index in [0.717, 1.165) is 18.7 Å². The van der Waals surface area contributed by atoms with Crippen molar-refractivity contribution in [1.29, 1.82) is 0 Å². The van der Waals surface area contributed by atoms with E-state index in [-0.39, 0.29) is 18.0 Å². The third-order valence-corrected chi connectivity index (χ3v) is 6.84. The van der Waals surface area contributed by atoms with Gasteiger partial charge in [-0.2, -0.15) is 4.31 Å². The first kappa shape index (κ1) is 16.9. The third-order valence-electron chi connectivity index (χ3n) is 4.01. The molecule has 2 aliphatic rings. The van der Waals surface area contributed by atoms with Gasteiger partial charge in [0.25, 0.3) is 0 Å². The first-order valence-corrected chi connectivity index (χ1v) is 9.67. The van der Waals surface area contributed by atoms with Gasteiger partial charge in [-0.15, -0.1) is 0 Å². The lowest BCUT2D eigenvalue weighted by molar-refractivity contribution is 0.0584. The van der Waals surface area contributed by atoms with E-state index in [9.17, 15) is 13.5 Å². The molecule has 0 spiro atoms. The molecular weight excluding hydrogens is 384 g/mol. The molecule has 23 heavy (non-hydrogen) atoms. The molecule has 8 heteroatoms. The molecule has 0 saturated carbocycles. The van der Waals surface area contributed by atoms with Crippen LogP contribution >= 0.6 is 15.9 Å². The fraction of sp³-hybridized carbons (Fsp3) is 0.467. The summed E-state index contributed by atoms with van der Waals surface area (Å²) < 4.78 is 32.7. The van der Waals surface area contributed by atoms with Crippen molar-refractivity contribution in [3.05, 3.63) is 40.5 Å². The van der Waals surface area contributed by atoms with Crippen molar-refractivity contribution in [3.63, 3.8) is 0 Å². The molecule has 2 saturated heterocycles. The Morgan fingerprint density at radius 3 is 2.65 bits per heavy atom. The van der Waals surface area contributed by atoms with Crippen molar-refractivity contribution in [2.24, 2.45) is 0 Å². The zero-order valence-corrected chi connectivity index (χ0v) is 15.0. The van der Waals surface area contributed by atoms with Gasteiger partial charge in [-0.25, -0.2) is 8.42 Å². The Kier molecular flexibility index (Phi) is 5.07. The molecule has 0 unspecified atom stereocenters. The molecule has 2 fully saturated rings. The number of hydrogen-bond donors (Lipinski definition) is 1. The quantitative estimate of drug-likeness (QED) is 0.817. The number of nitrogens with zero attached hydrogens (tertiary/aromatic N) is 2. The fourth-order valence-electron chi connectivity index (χ4n) is 2.73. The van der Waals surface area contributed by atoms with Gasteiger partial charge in [0.15, 0.2) is 0 Å². The largest absolute Gasteiger partial charge is 0.387 e. The van der Waals surface area contributed by atoms with Gasteiger partial charge < -0.3 is 14.7 Å². The average molecular weight is 403 g/mol. The molecule has 0 aliphatic carbocycles. The molecule has 2 heterocycles. The van der Waals surface area contributed by atoms with E-state index < -0.39 is 16.1 Å². The fourth-order valence-corrected chi connectivity index (χ4v) is 5.13. The number of aliphatic hydroxyl groups is 1. The highest BCUT2D eigenvalue weighted by Gasteiger charge is 2.36. The van der Waals surface area contributed by atoms with Crippen LogP contribution in [0.2, 0.25) is 0 Å². The molecule has 1 aromatic rings. The number of rotatable bonds is 3. The van der Waals surface area contributed by atoms with Crippen LogP contribution in [0, 0.1) is 0 Å². The Morgan fingerprint density at radius 2 is 1.96 bits per heavy atom. The molecule has 0 aromatic heterocycles. The summed E-state index contributed by atoms with van der Waals surface area (Å²) >= 11 is 3.28. The monoisotopic (exact) mass is 402 g/mol. The molecule has 3 rings (SSSR count). The number of benzene rings is 1. The first-order chi connectivity index (χ1) is 11.0. The third kappa shape index (κ3) is 3.61. The highest BCUT2D eigenvalue weighted by atomic mass is 79.9. The van der Waals surface area contributed by atoms with Gasteiger partial charge in [-0.1, -0.05) is 12.1 Å². The number of hydrogen-bond acceptors (Lipinski definition) is 5. The second kappa shape index (κ2) is 6.90. The Balaban J connectivity index is 1.80. The van der Waals surface area contributed by atoms with Crippen LogP contribution in [-0.4, -0.2) is 68.2 Å². The Bertz CT molecular complexity index is 701. The lowest BCUT2D eigenvalue weighted by atomic mass is 10.2. The van der Waals surface area contributed by atoms with E-state index in [0.29, 0.717) is 17.7 Å². The van der Waals surface area contributed by atoms with Crippen LogP contribution in [0.1, 0.15) is 0 Å². The van der Waals surface area contributed by atoms with Gasteiger partial charge in [0, 0.05) is 36.9 Å². The maximum atomic E-state index is 12.8. The van der Waals surface area contributed by atoms with E-state index in [2.05, 4.69) is 20.8 Å². The normalized spacial score (nSPS) is 25.2. The number of aliphatic hydroxyl groups excluding tert-OH is 1. The molecule has 1 atom stereocenters. The lowest BCUT2D eigenvalue weighted by Crippen LogP contribution is -2.33. The van der Waals surface area contributed by atoms with E-state index in [1.54, 1.807) is 24.3 Å². The van der Waals surface area contributed by atoms with Crippen molar-refractivity contribution >= 4 is 26.0 Å². The summed E-state index contributed by atoms with van der Waals surface area (Å²) in [6.45, 7) is 3.11. The molecule has 0 radical (unpaired) electrons. The average Bonchev–Trinajstić information content (AvgIpc) is 2.90. The number of β-amino-alcohol motifs (C(OH)–C–C–N with tert-alkyl or cyclic N) is 1. The molecule has 2 aliphatic heterocycles. The zero-order chi connectivity index (χ0) is 16.4. The SMILES string of the molecule is O=S(=O)(c1ccccc1Br)N1C/C(=C\N2CCOCC2)[C@@H](O)C1. The molecule has 0 amide bonds. The van der Waals surface area contributed by atoms with Gasteiger partial charge in [-0.3, -0.25) is 0 Å². The van der Waals surface area contributed by atoms with Crippen LogP contribution < -0.4 is 0 Å². The number of ether oxygens (including phenoxy) is 1. The second-order valence-electron chi connectivity index (χ2n) is 5.60. The minimum absolute atomic E-state index is 0.0832. The molecular formula is C15H19BrN2O4S. The van der Waals surface area contributed by atoms with E-state index >= 15 is 0 Å². The smallest absolute Gasteiger partial charge is 0.244 e. The highest BCUT2D eigenvalue weighted by molar-refractivity contribution is 9.10. The standard InChI is InChI=1S/C15H19BrN2O4S/c16-13-3-1-2-4-15(13)23(20,21)18-10-12(14(19)11-18)9-17-5-7-22-8-6-17/h1-4,9,14,19H,5-8,10-11H2/b12-9+/t14-/m0/s1. The summed E-state index contributed by atoms with van der Waals surface area (Å²) in [5.41, 5.74) is 0.725. The van der Waals surface area contributed by atoms with Gasteiger partial charge in [-0.05, 0) is 33.6 Å². The molecule has 1 N–H and O–H groups in total. The van der Waals surface area contributed by atoms with Crippen LogP contribution in [0.3, 0.4) is 0 Å². The summed E-state index contributed by atoms with van der Waals surface area (Å²) in [6.07, 6.45) is 1.11. The molecule has 1 aromatic carbocycles. The Hall–Kier alpha value is -0.930. The van der Waals surface area contributed by atoms with Crippen LogP contribution in [0.5, 0.6) is 0 Å². The summed E-state index contributed by atoms with van der Waals surface area (Å²) in [5.74, 6) is 0. The summed E-state index contributed by atoms with van der Waals surface area (Å²) in [7, 11) is -3.63. The summed E-state index contributed by atoms with van der Waals surface area (Å²) in [6, 6.07) is 6.72. The predicted octanol–water partition coefficient (Wildman–Crippen LogP) is 1.03.